The topological polar surface area (TPSA) is 83.5 Å². The van der Waals surface area contributed by atoms with E-state index in [9.17, 15) is 9.59 Å². The number of carbonyl (C=O) groups excluding carboxylic acids is 2. The van der Waals surface area contributed by atoms with Crippen LogP contribution in [0.1, 0.15) is 11.5 Å². The minimum atomic E-state index is -0.816. The Kier molecular flexibility index (Phi) is 6.24. The molecule has 2 aliphatic heterocycles. The Morgan fingerprint density at radius 3 is 2.36 bits per heavy atom. The average Bonchev–Trinajstić information content (AvgIpc) is 2.86. The molecule has 2 aromatic rings. The van der Waals surface area contributed by atoms with E-state index in [1.807, 2.05) is 36.2 Å². The molecule has 0 saturated heterocycles. The van der Waals surface area contributed by atoms with Crippen LogP contribution in [0.15, 0.2) is 63.7 Å². The summed E-state index contributed by atoms with van der Waals surface area (Å²) in [5.74, 6) is 0.0109. The Morgan fingerprint density at radius 2 is 1.70 bits per heavy atom. The number of nitrogens with zero attached hydrogens (tertiary/aromatic N) is 1. The van der Waals surface area contributed by atoms with Crippen LogP contribution >= 0.6 is 11.8 Å². The zero-order chi connectivity index (χ0) is 23.7. The van der Waals surface area contributed by atoms with Crippen molar-refractivity contribution in [2.75, 3.05) is 40.4 Å². The Hall–Kier alpha value is -3.59. The number of benzene rings is 2. The lowest BCUT2D eigenvalue weighted by atomic mass is 9.87. The molecule has 9 heteroatoms. The summed E-state index contributed by atoms with van der Waals surface area (Å²) in [7, 11) is 7.49. The van der Waals surface area contributed by atoms with E-state index in [2.05, 4.69) is 0 Å². The number of thioether (sulfide) groups is 1. The van der Waals surface area contributed by atoms with Gasteiger partial charge >= 0.3 is 11.9 Å². The summed E-state index contributed by atoms with van der Waals surface area (Å²) in [5.41, 5.74) is 1.51. The molecule has 2 heterocycles. The second kappa shape index (κ2) is 9.11. The van der Waals surface area contributed by atoms with Crippen molar-refractivity contribution in [1.29, 1.82) is 0 Å². The highest BCUT2D eigenvalue weighted by atomic mass is 32.2. The molecule has 0 saturated carbocycles. The molecule has 0 amide bonds. The molecule has 2 aliphatic rings. The number of para-hydroxylation sites is 2. The van der Waals surface area contributed by atoms with E-state index in [1.54, 1.807) is 25.3 Å². The zero-order valence-electron chi connectivity index (χ0n) is 18.8. The summed E-state index contributed by atoms with van der Waals surface area (Å²) in [6.45, 7) is 0. The maximum Gasteiger partial charge on any atom is 0.345 e. The van der Waals surface area contributed by atoms with Crippen LogP contribution in [-0.2, 0) is 19.1 Å². The molecule has 1 atom stereocenters. The average molecular weight is 470 g/mol. The molecular formula is C24H23NO7S. The molecule has 172 valence electrons. The van der Waals surface area contributed by atoms with Crippen LogP contribution in [0.3, 0.4) is 0 Å². The minimum absolute atomic E-state index is 0.104. The van der Waals surface area contributed by atoms with Crippen molar-refractivity contribution >= 4 is 29.4 Å². The highest BCUT2D eigenvalue weighted by molar-refractivity contribution is 8.07. The summed E-state index contributed by atoms with van der Waals surface area (Å²) in [6.07, 6.45) is 0. The highest BCUT2D eigenvalue weighted by Gasteiger charge is 2.45. The Bertz CT molecular complexity index is 1190. The van der Waals surface area contributed by atoms with Crippen molar-refractivity contribution in [2.45, 2.75) is 5.92 Å². The largest absolute Gasteiger partial charge is 0.497 e. The monoisotopic (exact) mass is 469 g/mol. The number of carbonyl (C=O) groups is 2. The predicted octanol–water partition coefficient (Wildman–Crippen LogP) is 3.83. The smallest absolute Gasteiger partial charge is 0.345 e. The number of methoxy groups -OCH3 is 4. The maximum atomic E-state index is 13.1. The van der Waals surface area contributed by atoms with Gasteiger partial charge in [0.2, 0.25) is 0 Å². The van der Waals surface area contributed by atoms with Crippen LogP contribution < -0.4 is 19.1 Å². The van der Waals surface area contributed by atoms with E-state index in [-0.39, 0.29) is 10.5 Å². The SMILES string of the molecule is COC(=O)C1=C(C(=O)OC)C(c2cc(OC)ccc2OC)C2=C(S1)N(C)c1ccccc1O2. The molecule has 0 N–H and O–H groups in total. The van der Waals surface area contributed by atoms with E-state index in [0.717, 1.165) is 17.4 Å². The molecule has 2 aromatic carbocycles. The lowest BCUT2D eigenvalue weighted by Gasteiger charge is -2.38. The van der Waals surface area contributed by atoms with Gasteiger partial charge < -0.3 is 28.6 Å². The van der Waals surface area contributed by atoms with Gasteiger partial charge in [-0.1, -0.05) is 23.9 Å². The minimum Gasteiger partial charge on any atom is -0.497 e. The molecule has 0 bridgehead atoms. The second-order valence-corrected chi connectivity index (χ2v) is 8.17. The van der Waals surface area contributed by atoms with Gasteiger partial charge in [0.05, 0.1) is 45.6 Å². The predicted molar refractivity (Wildman–Crippen MR) is 123 cm³/mol. The highest BCUT2D eigenvalue weighted by Crippen LogP contribution is 2.54. The zero-order valence-corrected chi connectivity index (χ0v) is 19.6. The lowest BCUT2D eigenvalue weighted by molar-refractivity contribution is -0.139. The van der Waals surface area contributed by atoms with Gasteiger partial charge in [-0.2, -0.15) is 0 Å². The van der Waals surface area contributed by atoms with Crippen molar-refractivity contribution in [1.82, 2.24) is 0 Å². The van der Waals surface area contributed by atoms with Gasteiger partial charge in [-0.3, -0.25) is 0 Å². The van der Waals surface area contributed by atoms with Crippen LogP contribution in [-0.4, -0.2) is 47.4 Å². The first kappa shape index (κ1) is 22.6. The van der Waals surface area contributed by atoms with Gasteiger partial charge in [-0.05, 0) is 30.3 Å². The summed E-state index contributed by atoms with van der Waals surface area (Å²) in [5, 5.41) is 0.650. The number of hydrogen-bond acceptors (Lipinski definition) is 9. The van der Waals surface area contributed by atoms with Gasteiger partial charge in [0.25, 0.3) is 0 Å². The third-order valence-electron chi connectivity index (χ3n) is 5.48. The molecule has 0 spiro atoms. The van der Waals surface area contributed by atoms with E-state index >= 15 is 0 Å². The Morgan fingerprint density at radius 1 is 0.970 bits per heavy atom. The van der Waals surface area contributed by atoms with E-state index < -0.39 is 17.9 Å². The normalized spacial score (nSPS) is 17.0. The Balaban J connectivity index is 2.03. The Labute approximate surface area is 195 Å². The van der Waals surface area contributed by atoms with Gasteiger partial charge in [0.15, 0.2) is 5.75 Å². The van der Waals surface area contributed by atoms with Gasteiger partial charge in [0, 0.05) is 12.6 Å². The van der Waals surface area contributed by atoms with E-state index in [1.165, 1.54) is 21.3 Å². The third kappa shape index (κ3) is 3.78. The molecule has 4 rings (SSSR count). The standard InChI is InChI=1S/C24H23NO7S/c1-25-15-8-6-7-9-17(15)32-20-18(14-12-13(28-2)10-11-16(14)29-3)19(23(26)30-4)21(24(27)31-5)33-22(20)25/h6-12,18H,1-5H3. The summed E-state index contributed by atoms with van der Waals surface area (Å²) < 4.78 is 27.5. The lowest BCUT2D eigenvalue weighted by Crippen LogP contribution is -2.33. The third-order valence-corrected chi connectivity index (χ3v) is 6.74. The van der Waals surface area contributed by atoms with Crippen LogP contribution in [0.25, 0.3) is 0 Å². The first-order valence-corrected chi connectivity index (χ1v) is 10.8. The van der Waals surface area contributed by atoms with Crippen molar-refractivity contribution in [3.63, 3.8) is 0 Å². The quantitative estimate of drug-likeness (QED) is 0.607. The first-order chi connectivity index (χ1) is 15.9. The number of fused-ring (bicyclic) bond motifs is 1. The second-order valence-electron chi connectivity index (χ2n) is 7.17. The fraction of sp³-hybridized carbons (Fsp3) is 0.250. The van der Waals surface area contributed by atoms with Crippen molar-refractivity contribution in [2.24, 2.45) is 0 Å². The van der Waals surface area contributed by atoms with Gasteiger partial charge in [0.1, 0.15) is 27.2 Å². The molecule has 0 aliphatic carbocycles. The fourth-order valence-electron chi connectivity index (χ4n) is 3.90. The molecule has 8 nitrogen and oxygen atoms in total. The maximum absolute atomic E-state index is 13.1. The number of allylic oxidation sites excluding steroid dienone is 1. The van der Waals surface area contributed by atoms with Crippen molar-refractivity contribution < 1.29 is 33.3 Å². The number of anilines is 1. The number of rotatable bonds is 5. The summed E-state index contributed by atoms with van der Waals surface area (Å²) >= 11 is 1.11. The molecule has 0 fully saturated rings. The van der Waals surface area contributed by atoms with Gasteiger partial charge in [-0.15, -0.1) is 0 Å². The van der Waals surface area contributed by atoms with Crippen LogP contribution in [0, 0.1) is 0 Å². The fourth-order valence-corrected chi connectivity index (χ4v) is 5.07. The van der Waals surface area contributed by atoms with Crippen LogP contribution in [0.4, 0.5) is 5.69 Å². The molecule has 1 unspecified atom stereocenters. The van der Waals surface area contributed by atoms with Crippen LogP contribution in [0.2, 0.25) is 0 Å². The van der Waals surface area contributed by atoms with E-state index in [0.29, 0.717) is 33.6 Å². The van der Waals surface area contributed by atoms with E-state index in [4.69, 9.17) is 23.7 Å². The molecular weight excluding hydrogens is 446 g/mol. The number of ether oxygens (including phenoxy) is 5. The molecule has 0 radical (unpaired) electrons. The first-order valence-electron chi connectivity index (χ1n) is 10.0. The molecule has 0 aromatic heterocycles. The molecule has 33 heavy (non-hydrogen) atoms. The van der Waals surface area contributed by atoms with Gasteiger partial charge in [-0.25, -0.2) is 9.59 Å². The van der Waals surface area contributed by atoms with Crippen molar-refractivity contribution in [3.05, 3.63) is 69.3 Å². The van der Waals surface area contributed by atoms with Crippen molar-refractivity contribution in [3.8, 4) is 17.2 Å². The number of esters is 2. The summed E-state index contributed by atoms with van der Waals surface area (Å²) in [6, 6.07) is 12.8. The summed E-state index contributed by atoms with van der Waals surface area (Å²) in [4.78, 5) is 27.9. The number of hydrogen-bond donors (Lipinski definition) is 0. The van der Waals surface area contributed by atoms with Crippen LogP contribution in [0.5, 0.6) is 17.2 Å².